The Morgan fingerprint density at radius 1 is 1.43 bits per heavy atom. The number of sulfonamides is 1. The molecule has 3 heterocycles. The van der Waals surface area contributed by atoms with E-state index in [1.165, 1.54) is 20.0 Å². The van der Waals surface area contributed by atoms with Crippen LogP contribution in [-0.2, 0) is 10.0 Å². The highest BCUT2D eigenvalue weighted by atomic mass is 32.2. The molecule has 1 fully saturated rings. The SMILES string of the molecule is CC1(O)CCCN(S(=O)(=O)c2c(N)nc3sccn23)CC1. The molecule has 9 heteroatoms. The minimum atomic E-state index is -3.72. The number of fused-ring (bicyclic) bond motifs is 1. The first-order chi connectivity index (χ1) is 9.81. The van der Waals surface area contributed by atoms with Crippen molar-refractivity contribution in [3.63, 3.8) is 0 Å². The molecule has 1 aliphatic rings. The van der Waals surface area contributed by atoms with E-state index in [1.54, 1.807) is 18.5 Å². The smallest absolute Gasteiger partial charge is 0.262 e. The van der Waals surface area contributed by atoms with Crippen molar-refractivity contribution in [2.75, 3.05) is 18.8 Å². The summed E-state index contributed by atoms with van der Waals surface area (Å²) in [5.74, 6) is 0.0258. The number of imidazole rings is 1. The Labute approximate surface area is 127 Å². The topological polar surface area (TPSA) is 101 Å². The quantitative estimate of drug-likeness (QED) is 0.852. The Bertz CT molecular complexity index is 763. The summed E-state index contributed by atoms with van der Waals surface area (Å²) in [6.07, 6.45) is 3.29. The number of aromatic nitrogens is 2. The molecule has 1 aliphatic heterocycles. The van der Waals surface area contributed by atoms with Crippen LogP contribution in [0.5, 0.6) is 0 Å². The maximum atomic E-state index is 12.9. The summed E-state index contributed by atoms with van der Waals surface area (Å²) in [4.78, 5) is 4.65. The standard InChI is InChI=1S/C12H18N4O3S2/c1-12(17)3-2-5-15(6-4-12)21(18,19)10-9(13)14-11-16(10)7-8-20-11/h7-8,17H,2-6,13H2,1H3. The van der Waals surface area contributed by atoms with E-state index < -0.39 is 15.6 Å². The van der Waals surface area contributed by atoms with Gasteiger partial charge >= 0.3 is 0 Å². The molecule has 0 bridgehead atoms. The van der Waals surface area contributed by atoms with Crippen LogP contribution in [0.4, 0.5) is 5.82 Å². The summed E-state index contributed by atoms with van der Waals surface area (Å²) in [5, 5.41) is 11.9. The van der Waals surface area contributed by atoms with Crippen LogP contribution in [0.15, 0.2) is 16.6 Å². The van der Waals surface area contributed by atoms with Gasteiger partial charge in [0.15, 0.2) is 15.8 Å². The normalized spacial score (nSPS) is 25.2. The van der Waals surface area contributed by atoms with Crippen molar-refractivity contribution in [3.05, 3.63) is 11.6 Å². The van der Waals surface area contributed by atoms with Crippen LogP contribution in [0.3, 0.4) is 0 Å². The molecule has 1 atom stereocenters. The third-order valence-electron chi connectivity index (χ3n) is 3.85. The van der Waals surface area contributed by atoms with Crippen LogP contribution in [0.25, 0.3) is 4.96 Å². The molecule has 2 aromatic heterocycles. The number of rotatable bonds is 2. The fraction of sp³-hybridized carbons (Fsp3) is 0.583. The van der Waals surface area contributed by atoms with Crippen LogP contribution >= 0.6 is 11.3 Å². The number of aliphatic hydroxyl groups is 1. The lowest BCUT2D eigenvalue weighted by Crippen LogP contribution is -2.34. The fourth-order valence-electron chi connectivity index (χ4n) is 2.64. The molecule has 0 saturated carbocycles. The van der Waals surface area contributed by atoms with Crippen molar-refractivity contribution in [3.8, 4) is 0 Å². The molecule has 1 unspecified atom stereocenters. The van der Waals surface area contributed by atoms with E-state index in [0.29, 0.717) is 30.8 Å². The summed E-state index contributed by atoms with van der Waals surface area (Å²) in [7, 11) is -3.72. The number of thiazole rings is 1. The second-order valence-electron chi connectivity index (χ2n) is 5.61. The van der Waals surface area contributed by atoms with Gasteiger partial charge in [0.25, 0.3) is 10.0 Å². The Morgan fingerprint density at radius 2 is 2.19 bits per heavy atom. The zero-order chi connectivity index (χ0) is 15.3. The van der Waals surface area contributed by atoms with Gasteiger partial charge in [-0.15, -0.1) is 11.3 Å². The molecule has 1 saturated heterocycles. The van der Waals surface area contributed by atoms with Crippen LogP contribution in [0.2, 0.25) is 0 Å². The number of hydrogen-bond acceptors (Lipinski definition) is 6. The van der Waals surface area contributed by atoms with Crippen molar-refractivity contribution in [1.82, 2.24) is 13.7 Å². The minimum Gasteiger partial charge on any atom is -0.390 e. The van der Waals surface area contributed by atoms with Gasteiger partial charge in [0.1, 0.15) is 0 Å². The number of nitrogen functional groups attached to an aromatic ring is 1. The van der Waals surface area contributed by atoms with Crippen molar-refractivity contribution >= 4 is 32.1 Å². The van der Waals surface area contributed by atoms with Crippen molar-refractivity contribution < 1.29 is 13.5 Å². The van der Waals surface area contributed by atoms with Gasteiger partial charge in [-0.25, -0.2) is 13.4 Å². The molecular weight excluding hydrogens is 312 g/mol. The summed E-state index contributed by atoms with van der Waals surface area (Å²) in [5.41, 5.74) is 4.99. The zero-order valence-corrected chi connectivity index (χ0v) is 13.3. The highest BCUT2D eigenvalue weighted by molar-refractivity contribution is 7.89. The van der Waals surface area contributed by atoms with E-state index in [9.17, 15) is 13.5 Å². The first-order valence-electron chi connectivity index (χ1n) is 6.75. The van der Waals surface area contributed by atoms with Crippen molar-refractivity contribution in [2.24, 2.45) is 0 Å². The molecule has 21 heavy (non-hydrogen) atoms. The van der Waals surface area contributed by atoms with Gasteiger partial charge in [-0.3, -0.25) is 4.40 Å². The highest BCUT2D eigenvalue weighted by Gasteiger charge is 2.35. The number of hydrogen-bond donors (Lipinski definition) is 2. The molecule has 0 amide bonds. The Morgan fingerprint density at radius 3 is 2.95 bits per heavy atom. The van der Waals surface area contributed by atoms with Gasteiger partial charge in [-0.1, -0.05) is 0 Å². The summed E-state index contributed by atoms with van der Waals surface area (Å²) in [6, 6.07) is 0. The average molecular weight is 330 g/mol. The molecule has 116 valence electrons. The molecule has 7 nitrogen and oxygen atoms in total. The highest BCUT2D eigenvalue weighted by Crippen LogP contribution is 2.29. The predicted molar refractivity (Wildman–Crippen MR) is 80.7 cm³/mol. The Balaban J connectivity index is 2.00. The predicted octanol–water partition coefficient (Wildman–Crippen LogP) is 0.904. The zero-order valence-electron chi connectivity index (χ0n) is 11.7. The lowest BCUT2D eigenvalue weighted by Gasteiger charge is -2.22. The molecule has 0 radical (unpaired) electrons. The van der Waals surface area contributed by atoms with Crippen molar-refractivity contribution in [1.29, 1.82) is 0 Å². The third-order valence-corrected chi connectivity index (χ3v) is 6.55. The fourth-order valence-corrected chi connectivity index (χ4v) is 5.07. The van der Waals surface area contributed by atoms with Crippen LogP contribution in [0, 0.1) is 0 Å². The molecule has 3 N–H and O–H groups in total. The molecule has 0 aliphatic carbocycles. The second-order valence-corrected chi connectivity index (χ2v) is 8.34. The van der Waals surface area contributed by atoms with Crippen LogP contribution < -0.4 is 5.73 Å². The summed E-state index contributed by atoms with van der Waals surface area (Å²) in [6.45, 7) is 2.41. The molecule has 0 aromatic carbocycles. The lowest BCUT2D eigenvalue weighted by atomic mass is 9.98. The summed E-state index contributed by atoms with van der Waals surface area (Å²) < 4.78 is 28.6. The van der Waals surface area contributed by atoms with E-state index in [0.717, 1.165) is 0 Å². The second kappa shape index (κ2) is 4.94. The monoisotopic (exact) mass is 330 g/mol. The van der Waals surface area contributed by atoms with Gasteiger partial charge < -0.3 is 10.8 Å². The number of nitrogens with two attached hydrogens (primary N) is 1. The first-order valence-corrected chi connectivity index (χ1v) is 9.07. The van der Waals surface area contributed by atoms with E-state index in [-0.39, 0.29) is 17.4 Å². The van der Waals surface area contributed by atoms with Gasteiger partial charge in [-0.2, -0.15) is 4.31 Å². The van der Waals surface area contributed by atoms with Gasteiger partial charge in [0.05, 0.1) is 5.60 Å². The molecule has 3 rings (SSSR count). The summed E-state index contributed by atoms with van der Waals surface area (Å²) >= 11 is 1.34. The Hall–Kier alpha value is -1.16. The van der Waals surface area contributed by atoms with Gasteiger partial charge in [-0.05, 0) is 26.2 Å². The van der Waals surface area contributed by atoms with Crippen molar-refractivity contribution in [2.45, 2.75) is 36.8 Å². The van der Waals surface area contributed by atoms with Crippen LogP contribution in [-0.4, -0.2) is 45.9 Å². The van der Waals surface area contributed by atoms with Crippen LogP contribution in [0.1, 0.15) is 26.2 Å². The van der Waals surface area contributed by atoms with E-state index in [4.69, 9.17) is 5.73 Å². The number of anilines is 1. The molecular formula is C12H18N4O3S2. The first kappa shape index (κ1) is 14.8. The third kappa shape index (κ3) is 2.54. The lowest BCUT2D eigenvalue weighted by molar-refractivity contribution is 0.0465. The molecule has 0 spiro atoms. The number of nitrogens with zero attached hydrogens (tertiary/aromatic N) is 3. The maximum Gasteiger partial charge on any atom is 0.262 e. The van der Waals surface area contributed by atoms with Gasteiger partial charge in [0.2, 0.25) is 0 Å². The Kier molecular flexibility index (Phi) is 3.47. The molecule has 2 aromatic rings. The maximum absolute atomic E-state index is 12.9. The average Bonchev–Trinajstić information content (AvgIpc) is 2.85. The van der Waals surface area contributed by atoms with E-state index >= 15 is 0 Å². The van der Waals surface area contributed by atoms with E-state index in [2.05, 4.69) is 4.98 Å². The minimum absolute atomic E-state index is 0.0258. The largest absolute Gasteiger partial charge is 0.390 e. The van der Waals surface area contributed by atoms with E-state index in [1.807, 2.05) is 0 Å². The van der Waals surface area contributed by atoms with Gasteiger partial charge in [0, 0.05) is 24.7 Å².